The molecule has 0 unspecified atom stereocenters. The van der Waals surface area contributed by atoms with E-state index >= 15 is 0 Å². The Labute approximate surface area is 112 Å². The fourth-order valence-electron chi connectivity index (χ4n) is 1.82. The molecule has 5 heteroatoms. The normalized spacial score (nSPS) is 10.4. The second kappa shape index (κ2) is 6.15. The lowest BCUT2D eigenvalue weighted by Crippen LogP contribution is -2.30. The van der Waals surface area contributed by atoms with Gasteiger partial charge >= 0.3 is 0 Å². The predicted molar refractivity (Wildman–Crippen MR) is 72.9 cm³/mol. The lowest BCUT2D eigenvalue weighted by atomic mass is 10.1. The molecule has 0 radical (unpaired) electrons. The highest BCUT2D eigenvalue weighted by atomic mass is 16.5. The van der Waals surface area contributed by atoms with Gasteiger partial charge in [0.2, 0.25) is 0 Å². The topological polar surface area (TPSA) is 67.2 Å². The quantitative estimate of drug-likeness (QED) is 0.800. The maximum absolute atomic E-state index is 12.2. The summed E-state index contributed by atoms with van der Waals surface area (Å²) in [4.78, 5) is 12.2. The van der Waals surface area contributed by atoms with E-state index in [1.165, 1.54) is 0 Å². The largest absolute Gasteiger partial charge is 0.360 e. The highest BCUT2D eigenvalue weighted by Gasteiger charge is 2.20. The highest BCUT2D eigenvalue weighted by Crippen LogP contribution is 2.24. The summed E-state index contributed by atoms with van der Waals surface area (Å²) in [6, 6.07) is 9.54. The molecule has 1 heterocycles. The lowest BCUT2D eigenvalue weighted by Gasteiger charge is -2.05. The maximum Gasteiger partial charge on any atom is 0.257 e. The number of carbonyl (C=O) groups is 1. The van der Waals surface area contributed by atoms with Crippen molar-refractivity contribution in [2.75, 3.05) is 20.1 Å². The number of nitrogens with zero attached hydrogens (tertiary/aromatic N) is 1. The molecule has 2 N–H and O–H groups in total. The molecule has 2 aromatic rings. The van der Waals surface area contributed by atoms with Gasteiger partial charge in [0.25, 0.3) is 5.91 Å². The fourth-order valence-corrected chi connectivity index (χ4v) is 1.82. The van der Waals surface area contributed by atoms with Crippen molar-refractivity contribution in [3.05, 3.63) is 41.7 Å². The molecule has 19 heavy (non-hydrogen) atoms. The summed E-state index contributed by atoms with van der Waals surface area (Å²) in [6.07, 6.45) is 0. The summed E-state index contributed by atoms with van der Waals surface area (Å²) in [7, 11) is 1.84. The third-order valence-electron chi connectivity index (χ3n) is 2.80. The Morgan fingerprint density at radius 1 is 1.26 bits per heavy atom. The first-order chi connectivity index (χ1) is 9.24. The van der Waals surface area contributed by atoms with Crippen LogP contribution < -0.4 is 10.6 Å². The SMILES string of the molecule is CNCCNC(=O)c1c(-c2ccccc2)noc1C. The van der Waals surface area contributed by atoms with Crippen LogP contribution in [0.3, 0.4) is 0 Å². The summed E-state index contributed by atoms with van der Waals surface area (Å²) in [5.41, 5.74) is 1.96. The molecule has 0 atom stereocenters. The number of hydrogen-bond donors (Lipinski definition) is 2. The average molecular weight is 259 g/mol. The first-order valence-corrected chi connectivity index (χ1v) is 6.18. The van der Waals surface area contributed by atoms with Crippen molar-refractivity contribution in [1.82, 2.24) is 15.8 Å². The molecule has 0 saturated carbocycles. The molecule has 0 aliphatic rings. The molecule has 5 nitrogen and oxygen atoms in total. The van der Waals surface area contributed by atoms with Gasteiger partial charge < -0.3 is 15.2 Å². The van der Waals surface area contributed by atoms with Gasteiger partial charge in [-0.05, 0) is 14.0 Å². The summed E-state index contributed by atoms with van der Waals surface area (Å²) in [6.45, 7) is 3.03. The van der Waals surface area contributed by atoms with Gasteiger partial charge in [-0.25, -0.2) is 0 Å². The van der Waals surface area contributed by atoms with Crippen molar-refractivity contribution < 1.29 is 9.32 Å². The van der Waals surface area contributed by atoms with E-state index in [4.69, 9.17) is 4.52 Å². The molecule has 0 spiro atoms. The molecular weight excluding hydrogens is 242 g/mol. The molecule has 1 aromatic carbocycles. The zero-order valence-electron chi connectivity index (χ0n) is 11.1. The molecule has 0 aliphatic carbocycles. The van der Waals surface area contributed by atoms with Crippen molar-refractivity contribution in [2.24, 2.45) is 0 Å². The summed E-state index contributed by atoms with van der Waals surface area (Å²) in [5.74, 6) is 0.369. The van der Waals surface area contributed by atoms with Crippen molar-refractivity contribution in [3.63, 3.8) is 0 Å². The smallest absolute Gasteiger partial charge is 0.257 e. The molecule has 0 saturated heterocycles. The zero-order chi connectivity index (χ0) is 13.7. The Bertz CT molecular complexity index is 549. The van der Waals surface area contributed by atoms with Crippen molar-refractivity contribution >= 4 is 5.91 Å². The summed E-state index contributed by atoms with van der Waals surface area (Å²) in [5, 5.41) is 9.79. The van der Waals surface area contributed by atoms with Crippen LogP contribution in [-0.2, 0) is 0 Å². The number of benzene rings is 1. The van der Waals surface area contributed by atoms with Gasteiger partial charge in [0.1, 0.15) is 17.0 Å². The van der Waals surface area contributed by atoms with Crippen molar-refractivity contribution in [2.45, 2.75) is 6.92 Å². The number of nitrogens with one attached hydrogen (secondary N) is 2. The molecule has 0 aliphatic heterocycles. The van der Waals surface area contributed by atoms with Crippen molar-refractivity contribution in [1.29, 1.82) is 0 Å². The van der Waals surface area contributed by atoms with E-state index in [1.54, 1.807) is 6.92 Å². The van der Waals surface area contributed by atoms with E-state index in [0.29, 0.717) is 23.6 Å². The molecular formula is C14H17N3O2. The van der Waals surface area contributed by atoms with E-state index in [9.17, 15) is 4.79 Å². The molecule has 0 fully saturated rings. The van der Waals surface area contributed by atoms with E-state index < -0.39 is 0 Å². The third-order valence-corrected chi connectivity index (χ3v) is 2.80. The second-order valence-corrected chi connectivity index (χ2v) is 4.19. The predicted octanol–water partition coefficient (Wildman–Crippen LogP) is 1.60. The minimum absolute atomic E-state index is 0.159. The van der Waals surface area contributed by atoms with E-state index in [2.05, 4.69) is 15.8 Å². The Morgan fingerprint density at radius 2 is 2.00 bits per heavy atom. The van der Waals surface area contributed by atoms with Crippen LogP contribution in [0.5, 0.6) is 0 Å². The van der Waals surface area contributed by atoms with Gasteiger partial charge in [0.15, 0.2) is 0 Å². The number of aryl methyl sites for hydroxylation is 1. The average Bonchev–Trinajstić information content (AvgIpc) is 2.82. The van der Waals surface area contributed by atoms with E-state index in [0.717, 1.165) is 12.1 Å². The van der Waals surface area contributed by atoms with Crippen LogP contribution in [0.4, 0.5) is 0 Å². The van der Waals surface area contributed by atoms with Crippen molar-refractivity contribution in [3.8, 4) is 11.3 Å². The van der Waals surface area contributed by atoms with Gasteiger partial charge in [0.05, 0.1) is 0 Å². The van der Waals surface area contributed by atoms with E-state index in [-0.39, 0.29) is 5.91 Å². The van der Waals surface area contributed by atoms with Crippen LogP contribution in [0.1, 0.15) is 16.1 Å². The Hall–Kier alpha value is -2.14. The van der Waals surface area contributed by atoms with Gasteiger partial charge in [-0.1, -0.05) is 35.5 Å². The van der Waals surface area contributed by atoms with Crippen LogP contribution in [0.15, 0.2) is 34.9 Å². The summed E-state index contributed by atoms with van der Waals surface area (Å²) >= 11 is 0. The van der Waals surface area contributed by atoms with Gasteiger partial charge in [-0.15, -0.1) is 0 Å². The second-order valence-electron chi connectivity index (χ2n) is 4.19. The first-order valence-electron chi connectivity index (χ1n) is 6.18. The number of hydrogen-bond acceptors (Lipinski definition) is 4. The number of carbonyl (C=O) groups excluding carboxylic acids is 1. The minimum atomic E-state index is -0.159. The van der Waals surface area contributed by atoms with Crippen LogP contribution in [0, 0.1) is 6.92 Å². The molecule has 2 rings (SSSR count). The first kappa shape index (κ1) is 13.3. The highest BCUT2D eigenvalue weighted by molar-refractivity contribution is 6.00. The Kier molecular flexibility index (Phi) is 4.30. The number of amides is 1. The Balaban J connectivity index is 2.25. The van der Waals surface area contributed by atoms with Gasteiger partial charge in [-0.2, -0.15) is 0 Å². The van der Waals surface area contributed by atoms with Crippen LogP contribution in [-0.4, -0.2) is 31.2 Å². The fraction of sp³-hybridized carbons (Fsp3) is 0.286. The van der Waals surface area contributed by atoms with Gasteiger partial charge in [-0.3, -0.25) is 4.79 Å². The van der Waals surface area contributed by atoms with E-state index in [1.807, 2.05) is 37.4 Å². The Morgan fingerprint density at radius 3 is 2.68 bits per heavy atom. The number of rotatable bonds is 5. The minimum Gasteiger partial charge on any atom is -0.360 e. The van der Waals surface area contributed by atoms with Crippen LogP contribution in [0.2, 0.25) is 0 Å². The monoisotopic (exact) mass is 259 g/mol. The van der Waals surface area contributed by atoms with Crippen LogP contribution >= 0.6 is 0 Å². The number of aromatic nitrogens is 1. The summed E-state index contributed by atoms with van der Waals surface area (Å²) < 4.78 is 5.15. The van der Waals surface area contributed by atoms with Gasteiger partial charge in [0, 0.05) is 18.7 Å². The standard InChI is InChI=1S/C14H17N3O2/c1-10-12(14(18)16-9-8-15-2)13(17-19-10)11-6-4-3-5-7-11/h3-7,15H,8-9H2,1-2H3,(H,16,18). The number of likely N-dealkylation sites (N-methyl/N-ethyl adjacent to an activating group) is 1. The third kappa shape index (κ3) is 3.00. The molecule has 100 valence electrons. The molecule has 0 bridgehead atoms. The lowest BCUT2D eigenvalue weighted by molar-refractivity contribution is 0.0953. The van der Waals surface area contributed by atoms with Crippen LogP contribution in [0.25, 0.3) is 11.3 Å². The zero-order valence-corrected chi connectivity index (χ0v) is 11.1. The molecule has 1 amide bonds. The molecule has 1 aromatic heterocycles. The maximum atomic E-state index is 12.2.